The number of piperidine rings is 1. The van der Waals surface area contributed by atoms with Crippen molar-refractivity contribution in [1.82, 2.24) is 14.7 Å². The Hall–Kier alpha value is -3.96. The van der Waals surface area contributed by atoms with Crippen molar-refractivity contribution in [3.63, 3.8) is 0 Å². The molecule has 36 heavy (non-hydrogen) atoms. The second-order valence-corrected chi connectivity index (χ2v) is 9.08. The fourth-order valence-corrected chi connectivity index (χ4v) is 4.62. The third-order valence-corrected chi connectivity index (χ3v) is 6.59. The van der Waals surface area contributed by atoms with E-state index in [1.54, 1.807) is 12.3 Å². The van der Waals surface area contributed by atoms with E-state index in [2.05, 4.69) is 34.5 Å². The van der Waals surface area contributed by atoms with Gasteiger partial charge < -0.3 is 15.0 Å². The van der Waals surface area contributed by atoms with Gasteiger partial charge in [-0.3, -0.25) is 14.0 Å². The number of pyridine rings is 1. The molecule has 8 nitrogen and oxygen atoms in total. The van der Waals surface area contributed by atoms with Gasteiger partial charge in [0.2, 0.25) is 0 Å². The predicted molar refractivity (Wildman–Crippen MR) is 140 cm³/mol. The van der Waals surface area contributed by atoms with Gasteiger partial charge in [-0.2, -0.15) is 5.26 Å². The first-order valence-corrected chi connectivity index (χ1v) is 12.2. The van der Waals surface area contributed by atoms with Gasteiger partial charge in [0.25, 0.3) is 11.5 Å². The molecule has 0 atom stereocenters. The number of carbonyl (C=O) groups is 1. The minimum absolute atomic E-state index is 0.141. The number of aromatic nitrogens is 2. The van der Waals surface area contributed by atoms with Crippen molar-refractivity contribution in [2.45, 2.75) is 26.2 Å². The second kappa shape index (κ2) is 11.6. The quantitative estimate of drug-likeness (QED) is 0.299. The Balaban J connectivity index is 1.67. The van der Waals surface area contributed by atoms with Crippen LogP contribution < -0.4 is 15.8 Å². The van der Waals surface area contributed by atoms with Gasteiger partial charge in [0.1, 0.15) is 23.1 Å². The van der Waals surface area contributed by atoms with E-state index in [9.17, 15) is 14.9 Å². The number of aryl methyl sites for hydroxylation is 1. The van der Waals surface area contributed by atoms with Crippen LogP contribution in [0.25, 0.3) is 11.7 Å². The molecule has 0 aliphatic carbocycles. The van der Waals surface area contributed by atoms with Crippen molar-refractivity contribution in [1.29, 1.82) is 5.26 Å². The number of nitrogens with zero attached hydrogens (tertiary/aromatic N) is 4. The zero-order valence-corrected chi connectivity index (χ0v) is 20.7. The lowest BCUT2D eigenvalue weighted by Crippen LogP contribution is -2.37. The lowest BCUT2D eigenvalue weighted by Gasteiger charge is -2.33. The van der Waals surface area contributed by atoms with Crippen molar-refractivity contribution in [2.75, 3.05) is 38.3 Å². The summed E-state index contributed by atoms with van der Waals surface area (Å²) >= 11 is 0. The highest BCUT2D eigenvalue weighted by Gasteiger charge is 2.25. The van der Waals surface area contributed by atoms with E-state index in [1.165, 1.54) is 23.1 Å². The monoisotopic (exact) mass is 485 g/mol. The summed E-state index contributed by atoms with van der Waals surface area (Å²) in [6.07, 6.45) is 5.99. The number of hydrogen-bond acceptors (Lipinski definition) is 6. The van der Waals surface area contributed by atoms with Gasteiger partial charge in [0.15, 0.2) is 0 Å². The summed E-state index contributed by atoms with van der Waals surface area (Å²) in [5.41, 5.74) is 2.58. The minimum Gasteiger partial charge on any atom is -0.383 e. The van der Waals surface area contributed by atoms with Crippen LogP contribution in [0.3, 0.4) is 0 Å². The number of carbonyl (C=O) groups excluding carboxylic acids is 1. The van der Waals surface area contributed by atoms with Crippen LogP contribution in [0.4, 0.5) is 5.82 Å². The zero-order valence-electron chi connectivity index (χ0n) is 20.7. The fraction of sp³-hybridized carbons (Fsp3) is 0.357. The van der Waals surface area contributed by atoms with Crippen LogP contribution in [0, 0.1) is 24.2 Å². The van der Waals surface area contributed by atoms with Crippen LogP contribution in [-0.2, 0) is 16.0 Å². The molecule has 0 bridgehead atoms. The maximum Gasteiger partial charge on any atom is 0.267 e. The number of nitrogens with one attached hydrogen (secondary N) is 1. The van der Waals surface area contributed by atoms with Crippen LogP contribution >= 0.6 is 0 Å². The molecular weight excluding hydrogens is 454 g/mol. The third-order valence-electron chi connectivity index (χ3n) is 6.59. The maximum atomic E-state index is 13.6. The van der Waals surface area contributed by atoms with Crippen LogP contribution in [0.5, 0.6) is 0 Å². The molecule has 0 saturated carbocycles. The summed E-state index contributed by atoms with van der Waals surface area (Å²) in [7, 11) is 1.53. The molecule has 1 amide bonds. The Morgan fingerprint density at radius 1 is 1.22 bits per heavy atom. The largest absolute Gasteiger partial charge is 0.383 e. The zero-order chi connectivity index (χ0) is 25.5. The average Bonchev–Trinajstić information content (AvgIpc) is 2.90. The molecule has 0 unspecified atom stereocenters. The first-order chi connectivity index (χ1) is 17.5. The van der Waals surface area contributed by atoms with Crippen LogP contribution in [0.1, 0.15) is 29.5 Å². The molecule has 1 aliphatic heterocycles. The summed E-state index contributed by atoms with van der Waals surface area (Å²) < 4.78 is 6.44. The number of rotatable bonds is 8. The van der Waals surface area contributed by atoms with E-state index in [0.29, 0.717) is 24.0 Å². The van der Waals surface area contributed by atoms with Gasteiger partial charge in [-0.15, -0.1) is 0 Å². The standard InChI is InChI=1S/C28H31N5O3/c1-20-7-6-13-33-25(20)31-26(24(28(33)35)18-23(19-29)27(34)30-12-16-36-2)32-14-10-22(11-15-32)17-21-8-4-3-5-9-21/h3-9,13,18,22H,10-12,14-17H2,1-2H3,(H,30,34). The smallest absolute Gasteiger partial charge is 0.267 e. The number of anilines is 1. The number of benzene rings is 1. The van der Waals surface area contributed by atoms with Gasteiger partial charge in [-0.1, -0.05) is 36.4 Å². The predicted octanol–water partition coefficient (Wildman–Crippen LogP) is 3.13. The summed E-state index contributed by atoms with van der Waals surface area (Å²) in [6, 6.07) is 16.1. The van der Waals surface area contributed by atoms with Gasteiger partial charge >= 0.3 is 0 Å². The van der Waals surface area contributed by atoms with E-state index in [0.717, 1.165) is 37.9 Å². The molecule has 1 fully saturated rings. The first kappa shape index (κ1) is 25.1. The Bertz CT molecular complexity index is 1350. The molecule has 2 aromatic heterocycles. The van der Waals surface area contributed by atoms with E-state index in [-0.39, 0.29) is 23.2 Å². The number of hydrogen-bond donors (Lipinski definition) is 1. The molecule has 8 heteroatoms. The maximum absolute atomic E-state index is 13.6. The van der Waals surface area contributed by atoms with Gasteiger partial charge in [0.05, 0.1) is 12.2 Å². The molecule has 3 aromatic rings. The van der Waals surface area contributed by atoms with Gasteiger partial charge in [0, 0.05) is 32.9 Å². The van der Waals surface area contributed by atoms with Gasteiger partial charge in [-0.05, 0) is 55.4 Å². The molecule has 1 N–H and O–H groups in total. The van der Waals surface area contributed by atoms with Crippen molar-refractivity contribution in [3.05, 3.63) is 81.3 Å². The molecule has 0 radical (unpaired) electrons. The minimum atomic E-state index is -0.546. The molecule has 1 aliphatic rings. The summed E-state index contributed by atoms with van der Waals surface area (Å²) in [5, 5.41) is 12.3. The molecule has 0 spiro atoms. The van der Waals surface area contributed by atoms with E-state index in [1.807, 2.05) is 25.1 Å². The summed E-state index contributed by atoms with van der Waals surface area (Å²) in [5.74, 6) is 0.521. The van der Waals surface area contributed by atoms with Crippen LogP contribution in [0.15, 0.2) is 59.0 Å². The highest BCUT2D eigenvalue weighted by atomic mass is 16.5. The molecule has 3 heterocycles. The fourth-order valence-electron chi connectivity index (χ4n) is 4.62. The Labute approximate surface area is 210 Å². The SMILES string of the molecule is COCCNC(=O)C(C#N)=Cc1c(N2CCC(Cc3ccccc3)CC2)nc2c(C)cccn2c1=O. The average molecular weight is 486 g/mol. The molecule has 4 rings (SSSR count). The molecular formula is C28H31N5O3. The lowest BCUT2D eigenvalue weighted by molar-refractivity contribution is -0.117. The van der Waals surface area contributed by atoms with E-state index in [4.69, 9.17) is 9.72 Å². The normalized spacial score (nSPS) is 14.6. The van der Waals surface area contributed by atoms with E-state index < -0.39 is 5.91 Å². The Morgan fingerprint density at radius 2 is 1.97 bits per heavy atom. The Morgan fingerprint density at radius 3 is 2.67 bits per heavy atom. The number of amides is 1. The lowest BCUT2D eigenvalue weighted by atomic mass is 9.90. The number of fused-ring (bicyclic) bond motifs is 1. The van der Waals surface area contributed by atoms with Crippen molar-refractivity contribution in [3.8, 4) is 6.07 Å². The highest BCUT2D eigenvalue weighted by Crippen LogP contribution is 2.27. The van der Waals surface area contributed by atoms with Crippen molar-refractivity contribution >= 4 is 23.4 Å². The second-order valence-electron chi connectivity index (χ2n) is 9.08. The van der Waals surface area contributed by atoms with Crippen LogP contribution in [-0.4, -0.2) is 48.6 Å². The van der Waals surface area contributed by atoms with Crippen molar-refractivity contribution in [2.24, 2.45) is 5.92 Å². The number of ether oxygens (including phenoxy) is 1. The summed E-state index contributed by atoms with van der Waals surface area (Å²) in [4.78, 5) is 33.1. The third kappa shape index (κ3) is 5.64. The number of methoxy groups -OCH3 is 1. The van der Waals surface area contributed by atoms with Crippen LogP contribution in [0.2, 0.25) is 0 Å². The molecule has 1 saturated heterocycles. The van der Waals surface area contributed by atoms with Crippen molar-refractivity contribution < 1.29 is 9.53 Å². The molecule has 1 aromatic carbocycles. The van der Waals surface area contributed by atoms with E-state index >= 15 is 0 Å². The Kier molecular flexibility index (Phi) is 8.13. The topological polar surface area (TPSA) is 99.7 Å². The molecule has 186 valence electrons. The first-order valence-electron chi connectivity index (χ1n) is 12.2. The number of nitriles is 1. The highest BCUT2D eigenvalue weighted by molar-refractivity contribution is 6.02. The van der Waals surface area contributed by atoms with Gasteiger partial charge in [-0.25, -0.2) is 4.98 Å². The summed E-state index contributed by atoms with van der Waals surface area (Å²) in [6.45, 7) is 4.00.